The second kappa shape index (κ2) is 13.6. The van der Waals surface area contributed by atoms with Crippen LogP contribution in [-0.4, -0.2) is 25.0 Å². The third kappa shape index (κ3) is 7.69. The molecule has 1 N–H and O–H groups in total. The second-order valence-electron chi connectivity index (χ2n) is 8.85. The van der Waals surface area contributed by atoms with E-state index in [4.69, 9.17) is 11.6 Å². The molecule has 1 saturated heterocycles. The van der Waals surface area contributed by atoms with Crippen molar-refractivity contribution in [1.29, 1.82) is 0 Å². The van der Waals surface area contributed by atoms with Gasteiger partial charge in [0.05, 0.1) is 12.2 Å². The fraction of sp³-hybridized carbons (Fsp3) is 0.296. The molecule has 1 aliphatic rings. The van der Waals surface area contributed by atoms with Gasteiger partial charge in [-0.15, -0.1) is 12.4 Å². The van der Waals surface area contributed by atoms with E-state index in [2.05, 4.69) is 53.8 Å². The van der Waals surface area contributed by atoms with Crippen molar-refractivity contribution in [2.45, 2.75) is 26.4 Å². The highest BCUT2D eigenvalue weighted by atomic mass is 35.5. The maximum absolute atomic E-state index is 13.9. The van der Waals surface area contributed by atoms with E-state index >= 15 is 0 Å². The Morgan fingerprint density at radius 3 is 1.94 bits per heavy atom. The van der Waals surface area contributed by atoms with Gasteiger partial charge in [-0.3, -0.25) is 9.18 Å². The van der Waals surface area contributed by atoms with E-state index in [1.165, 1.54) is 16.0 Å². The van der Waals surface area contributed by atoms with Crippen LogP contribution in [0, 0.1) is 22.9 Å². The average Bonchev–Trinajstić information content (AvgIpc) is 3.25. The summed E-state index contributed by atoms with van der Waals surface area (Å²) in [6, 6.07) is 21.5. The molecule has 0 aromatic heterocycles. The minimum Gasteiger partial charge on any atom is -0.366 e. The summed E-state index contributed by atoms with van der Waals surface area (Å²) in [7, 11) is 0. The molecule has 1 heterocycles. The Bertz CT molecular complexity index is 1100. The number of halogens is 6. The van der Waals surface area contributed by atoms with Crippen LogP contribution in [0.15, 0.2) is 66.7 Å². The number of rotatable bonds is 7. The van der Waals surface area contributed by atoms with Crippen molar-refractivity contribution in [3.8, 4) is 0 Å². The van der Waals surface area contributed by atoms with Gasteiger partial charge in [0.2, 0.25) is 0 Å². The molecule has 36 heavy (non-hydrogen) atoms. The van der Waals surface area contributed by atoms with Crippen molar-refractivity contribution >= 4 is 34.9 Å². The van der Waals surface area contributed by atoms with Crippen LogP contribution >= 0.6 is 24.0 Å². The molecule has 9 heteroatoms. The van der Waals surface area contributed by atoms with Gasteiger partial charge in [0.25, 0.3) is 5.24 Å². The zero-order valence-electron chi connectivity index (χ0n) is 19.7. The number of benzene rings is 3. The maximum atomic E-state index is 13.9. The highest BCUT2D eigenvalue weighted by Crippen LogP contribution is 2.37. The lowest BCUT2D eigenvalue weighted by atomic mass is 9.92. The van der Waals surface area contributed by atoms with E-state index in [1.54, 1.807) is 6.92 Å². The minimum atomic E-state index is -1.49. The number of alkyl halides is 1. The molecule has 1 fully saturated rings. The molecule has 4 rings (SSSR count). The van der Waals surface area contributed by atoms with Gasteiger partial charge in [0.1, 0.15) is 5.69 Å². The molecular formula is C27H28Cl2F4N2O. The predicted octanol–water partition coefficient (Wildman–Crippen LogP) is 7.07. The standard InChI is InChI=1S/C14H15N.C13H12ClF4NO.ClH/c1-3-7-13(8-4-1)11-15-12-14-9-5-2-6-10-14;1-13(5-15)2-3-19(6-13)11-8(16)4-7(12(14)20)9(17)10(11)18;/h1-10,15H,11-12H2;4H,2-3,5-6H2,1H3;1H. The lowest BCUT2D eigenvalue weighted by Crippen LogP contribution is -2.28. The summed E-state index contributed by atoms with van der Waals surface area (Å²) in [5.74, 6) is -4.05. The first-order chi connectivity index (χ1) is 16.7. The summed E-state index contributed by atoms with van der Waals surface area (Å²) in [5, 5.41) is 2.14. The van der Waals surface area contributed by atoms with Crippen LogP contribution in [0.25, 0.3) is 0 Å². The quantitative estimate of drug-likeness (QED) is 0.197. The van der Waals surface area contributed by atoms with Gasteiger partial charge in [-0.2, -0.15) is 0 Å². The number of anilines is 1. The van der Waals surface area contributed by atoms with E-state index < -0.39 is 46.0 Å². The van der Waals surface area contributed by atoms with Crippen molar-refractivity contribution in [2.75, 3.05) is 24.7 Å². The van der Waals surface area contributed by atoms with Crippen LogP contribution in [0.3, 0.4) is 0 Å². The zero-order chi connectivity index (χ0) is 25.4. The van der Waals surface area contributed by atoms with Gasteiger partial charge >= 0.3 is 0 Å². The van der Waals surface area contributed by atoms with Gasteiger partial charge < -0.3 is 10.2 Å². The van der Waals surface area contributed by atoms with E-state index in [1.807, 2.05) is 12.1 Å². The molecule has 3 aromatic carbocycles. The Hall–Kier alpha value is -2.61. The Morgan fingerprint density at radius 2 is 1.50 bits per heavy atom. The molecule has 1 unspecified atom stereocenters. The smallest absolute Gasteiger partial charge is 0.255 e. The van der Waals surface area contributed by atoms with Crippen molar-refractivity contribution in [1.82, 2.24) is 5.32 Å². The molecule has 194 valence electrons. The number of hydrogen-bond acceptors (Lipinski definition) is 3. The van der Waals surface area contributed by atoms with Crippen LogP contribution in [0.4, 0.5) is 23.2 Å². The average molecular weight is 543 g/mol. The van der Waals surface area contributed by atoms with Crippen LogP contribution in [0.5, 0.6) is 0 Å². The fourth-order valence-corrected chi connectivity index (χ4v) is 4.02. The lowest BCUT2D eigenvalue weighted by molar-refractivity contribution is 0.107. The first-order valence-corrected chi connectivity index (χ1v) is 11.6. The van der Waals surface area contributed by atoms with Crippen molar-refractivity contribution in [3.63, 3.8) is 0 Å². The lowest BCUT2D eigenvalue weighted by Gasteiger charge is -2.23. The molecule has 3 nitrogen and oxygen atoms in total. The molecule has 0 aliphatic carbocycles. The fourth-order valence-electron chi connectivity index (χ4n) is 3.88. The van der Waals surface area contributed by atoms with Gasteiger partial charge in [-0.05, 0) is 35.2 Å². The maximum Gasteiger partial charge on any atom is 0.255 e. The molecule has 0 bridgehead atoms. The molecule has 1 atom stereocenters. The monoisotopic (exact) mass is 542 g/mol. The highest BCUT2D eigenvalue weighted by Gasteiger charge is 2.37. The number of nitrogens with zero attached hydrogens (tertiary/aromatic N) is 1. The molecule has 0 amide bonds. The van der Waals surface area contributed by atoms with Gasteiger partial charge in [0, 0.05) is 31.6 Å². The zero-order valence-corrected chi connectivity index (χ0v) is 21.3. The second-order valence-corrected chi connectivity index (χ2v) is 9.19. The summed E-state index contributed by atoms with van der Waals surface area (Å²) < 4.78 is 54.4. The SMILES string of the molecule is CC1(CF)CCN(c2c(F)cc(C(=O)Cl)c(F)c2F)C1.Cl.c1ccc(CNCc2ccccc2)cc1. The minimum absolute atomic E-state index is 0. The summed E-state index contributed by atoms with van der Waals surface area (Å²) in [6.45, 7) is 3.15. The van der Waals surface area contributed by atoms with Gasteiger partial charge in [-0.1, -0.05) is 67.6 Å². The molecule has 0 spiro atoms. The third-order valence-corrected chi connectivity index (χ3v) is 6.09. The summed E-state index contributed by atoms with van der Waals surface area (Å²) in [5.41, 5.74) is 0.511. The third-order valence-electron chi connectivity index (χ3n) is 5.89. The van der Waals surface area contributed by atoms with E-state index in [0.29, 0.717) is 12.5 Å². The topological polar surface area (TPSA) is 32.3 Å². The predicted molar refractivity (Wildman–Crippen MR) is 138 cm³/mol. The normalized spacial score (nSPS) is 16.7. The van der Waals surface area contributed by atoms with Crippen LogP contribution in [0.1, 0.15) is 34.8 Å². The van der Waals surface area contributed by atoms with Crippen LogP contribution < -0.4 is 10.2 Å². The van der Waals surface area contributed by atoms with Gasteiger partial charge in [-0.25, -0.2) is 13.2 Å². The molecule has 0 radical (unpaired) electrons. The summed E-state index contributed by atoms with van der Waals surface area (Å²) in [4.78, 5) is 12.1. The highest BCUT2D eigenvalue weighted by molar-refractivity contribution is 6.67. The first-order valence-electron chi connectivity index (χ1n) is 11.2. The number of carbonyl (C=O) groups excluding carboxylic acids is 1. The van der Waals surface area contributed by atoms with Crippen molar-refractivity contribution in [3.05, 3.63) is 101 Å². The molecule has 1 aliphatic heterocycles. The van der Waals surface area contributed by atoms with Gasteiger partial charge in [0.15, 0.2) is 17.5 Å². The molecule has 3 aromatic rings. The number of nitrogens with one attached hydrogen (secondary N) is 1. The molecule has 0 saturated carbocycles. The van der Waals surface area contributed by atoms with Crippen molar-refractivity contribution in [2.24, 2.45) is 5.41 Å². The molecular weight excluding hydrogens is 515 g/mol. The first kappa shape index (κ1) is 29.6. The Kier molecular flexibility index (Phi) is 11.2. The van der Waals surface area contributed by atoms with E-state index in [-0.39, 0.29) is 25.5 Å². The Labute approximate surface area is 219 Å². The van der Waals surface area contributed by atoms with Crippen molar-refractivity contribution < 1.29 is 22.4 Å². The van der Waals surface area contributed by atoms with Crippen LogP contribution in [0.2, 0.25) is 0 Å². The number of hydrogen-bond donors (Lipinski definition) is 1. The number of carbonyl (C=O) groups is 1. The Morgan fingerprint density at radius 1 is 0.972 bits per heavy atom. The summed E-state index contributed by atoms with van der Waals surface area (Å²) >= 11 is 5.06. The van der Waals surface area contributed by atoms with E-state index in [9.17, 15) is 22.4 Å². The Balaban J connectivity index is 0.000000256. The summed E-state index contributed by atoms with van der Waals surface area (Å²) in [6.07, 6.45) is 0.403. The van der Waals surface area contributed by atoms with Crippen LogP contribution in [-0.2, 0) is 13.1 Å². The largest absolute Gasteiger partial charge is 0.366 e. The van der Waals surface area contributed by atoms with E-state index in [0.717, 1.165) is 13.1 Å².